The molecule has 1 aromatic heterocycles. The van der Waals surface area contributed by atoms with Crippen molar-refractivity contribution in [2.24, 2.45) is 5.73 Å². The number of hydrogen-bond donors (Lipinski definition) is 1. The van der Waals surface area contributed by atoms with E-state index in [0.29, 0.717) is 11.1 Å². The standard InChI is InChI=1S/C10H17N3OS/c1-6(7(2)11)10-12-9(13-14-10)8-4-3-5-15-8/h6-8H,3-5,11H2,1-2H3. The van der Waals surface area contributed by atoms with Gasteiger partial charge in [0, 0.05) is 6.04 Å². The SMILES string of the molecule is CC(N)C(C)c1nc(C2CCCS2)no1. The van der Waals surface area contributed by atoms with E-state index in [1.807, 2.05) is 25.6 Å². The number of hydrogen-bond acceptors (Lipinski definition) is 5. The van der Waals surface area contributed by atoms with Gasteiger partial charge in [-0.05, 0) is 25.5 Å². The zero-order valence-corrected chi connectivity index (χ0v) is 9.96. The molecule has 2 N–H and O–H groups in total. The number of nitrogens with zero attached hydrogens (tertiary/aromatic N) is 2. The molecular weight excluding hydrogens is 210 g/mol. The van der Waals surface area contributed by atoms with E-state index in [1.165, 1.54) is 12.2 Å². The highest BCUT2D eigenvalue weighted by molar-refractivity contribution is 7.99. The fourth-order valence-corrected chi connectivity index (χ4v) is 2.77. The third-order valence-electron chi connectivity index (χ3n) is 2.85. The minimum atomic E-state index is 0.0505. The summed E-state index contributed by atoms with van der Waals surface area (Å²) in [4.78, 5) is 4.43. The van der Waals surface area contributed by atoms with Crippen LogP contribution in [0.2, 0.25) is 0 Å². The molecule has 0 saturated carbocycles. The molecule has 2 rings (SSSR count). The van der Waals surface area contributed by atoms with Gasteiger partial charge in [0.15, 0.2) is 5.82 Å². The van der Waals surface area contributed by atoms with E-state index in [-0.39, 0.29) is 12.0 Å². The highest BCUT2D eigenvalue weighted by atomic mass is 32.2. The molecular formula is C10H17N3OS. The Morgan fingerprint density at radius 3 is 2.93 bits per heavy atom. The molecule has 2 heterocycles. The summed E-state index contributed by atoms with van der Waals surface area (Å²) >= 11 is 1.91. The lowest BCUT2D eigenvalue weighted by Crippen LogP contribution is -2.22. The summed E-state index contributed by atoms with van der Waals surface area (Å²) in [5, 5.41) is 4.47. The monoisotopic (exact) mass is 227 g/mol. The van der Waals surface area contributed by atoms with Crippen LogP contribution in [0.1, 0.15) is 49.6 Å². The van der Waals surface area contributed by atoms with Crippen molar-refractivity contribution in [2.75, 3.05) is 5.75 Å². The van der Waals surface area contributed by atoms with Crippen LogP contribution >= 0.6 is 11.8 Å². The van der Waals surface area contributed by atoms with Crippen LogP contribution in [0.3, 0.4) is 0 Å². The van der Waals surface area contributed by atoms with Gasteiger partial charge in [0.2, 0.25) is 5.89 Å². The van der Waals surface area contributed by atoms with E-state index in [4.69, 9.17) is 10.3 Å². The van der Waals surface area contributed by atoms with Crippen molar-refractivity contribution >= 4 is 11.8 Å². The van der Waals surface area contributed by atoms with E-state index in [9.17, 15) is 0 Å². The normalized spacial score (nSPS) is 25.4. The van der Waals surface area contributed by atoms with Crippen molar-refractivity contribution in [3.05, 3.63) is 11.7 Å². The Kier molecular flexibility index (Phi) is 3.31. The van der Waals surface area contributed by atoms with Crippen LogP contribution in [0.15, 0.2) is 4.52 Å². The summed E-state index contributed by atoms with van der Waals surface area (Å²) < 4.78 is 5.25. The lowest BCUT2D eigenvalue weighted by Gasteiger charge is -2.09. The van der Waals surface area contributed by atoms with Crippen molar-refractivity contribution in [3.63, 3.8) is 0 Å². The van der Waals surface area contributed by atoms with Gasteiger partial charge >= 0.3 is 0 Å². The van der Waals surface area contributed by atoms with Crippen LogP contribution < -0.4 is 5.73 Å². The molecule has 84 valence electrons. The van der Waals surface area contributed by atoms with Gasteiger partial charge in [0.25, 0.3) is 0 Å². The Labute approximate surface area is 94.0 Å². The van der Waals surface area contributed by atoms with Gasteiger partial charge in [0.05, 0.1) is 11.2 Å². The van der Waals surface area contributed by atoms with Gasteiger partial charge < -0.3 is 10.3 Å². The topological polar surface area (TPSA) is 64.9 Å². The largest absolute Gasteiger partial charge is 0.339 e. The highest BCUT2D eigenvalue weighted by Gasteiger charge is 2.25. The third-order valence-corrected chi connectivity index (χ3v) is 4.23. The maximum Gasteiger partial charge on any atom is 0.231 e. The Bertz CT molecular complexity index is 304. The second kappa shape index (κ2) is 4.53. The zero-order valence-electron chi connectivity index (χ0n) is 9.14. The van der Waals surface area contributed by atoms with Crippen LogP contribution in [0, 0.1) is 0 Å². The summed E-state index contributed by atoms with van der Waals surface area (Å²) in [5.41, 5.74) is 5.80. The van der Waals surface area contributed by atoms with Gasteiger partial charge in [-0.3, -0.25) is 0 Å². The first-order valence-corrected chi connectivity index (χ1v) is 6.44. The third kappa shape index (κ3) is 2.34. The van der Waals surface area contributed by atoms with Crippen molar-refractivity contribution in [1.29, 1.82) is 0 Å². The van der Waals surface area contributed by atoms with E-state index in [0.717, 1.165) is 12.2 Å². The molecule has 0 aromatic carbocycles. The molecule has 1 aliphatic rings. The van der Waals surface area contributed by atoms with Gasteiger partial charge in [-0.15, -0.1) is 0 Å². The fraction of sp³-hybridized carbons (Fsp3) is 0.800. The van der Waals surface area contributed by atoms with Crippen LogP contribution in [0.4, 0.5) is 0 Å². The molecule has 0 radical (unpaired) electrons. The molecule has 4 nitrogen and oxygen atoms in total. The molecule has 3 unspecified atom stereocenters. The maximum atomic E-state index is 5.80. The Morgan fingerprint density at radius 1 is 1.53 bits per heavy atom. The second-order valence-electron chi connectivity index (χ2n) is 4.14. The Balaban J connectivity index is 2.09. The van der Waals surface area contributed by atoms with Gasteiger partial charge in [0.1, 0.15) is 0 Å². The van der Waals surface area contributed by atoms with E-state index in [1.54, 1.807) is 0 Å². The van der Waals surface area contributed by atoms with E-state index in [2.05, 4.69) is 10.1 Å². The molecule has 1 aromatic rings. The van der Waals surface area contributed by atoms with Gasteiger partial charge in [-0.25, -0.2) is 0 Å². The molecule has 15 heavy (non-hydrogen) atoms. The second-order valence-corrected chi connectivity index (χ2v) is 5.45. The molecule has 0 amide bonds. The number of aromatic nitrogens is 2. The Morgan fingerprint density at radius 2 is 2.33 bits per heavy atom. The summed E-state index contributed by atoms with van der Waals surface area (Å²) in [5.74, 6) is 2.86. The molecule has 5 heteroatoms. The average Bonchev–Trinajstić information content (AvgIpc) is 2.86. The average molecular weight is 227 g/mol. The molecule has 0 spiro atoms. The summed E-state index contributed by atoms with van der Waals surface area (Å²) in [6, 6.07) is 0.0505. The first kappa shape index (κ1) is 11.0. The first-order valence-electron chi connectivity index (χ1n) is 5.39. The van der Waals surface area contributed by atoms with Gasteiger partial charge in [-0.1, -0.05) is 12.1 Å². The van der Waals surface area contributed by atoms with Crippen LogP contribution in [0.25, 0.3) is 0 Å². The highest BCUT2D eigenvalue weighted by Crippen LogP contribution is 2.38. The van der Waals surface area contributed by atoms with E-state index >= 15 is 0 Å². The molecule has 0 aliphatic carbocycles. The predicted octanol–water partition coefficient (Wildman–Crippen LogP) is 2.09. The minimum absolute atomic E-state index is 0.0505. The van der Waals surface area contributed by atoms with Crippen LogP contribution in [-0.2, 0) is 0 Å². The maximum absolute atomic E-state index is 5.80. The summed E-state index contributed by atoms with van der Waals surface area (Å²) in [6.07, 6.45) is 2.41. The van der Waals surface area contributed by atoms with Crippen LogP contribution in [-0.4, -0.2) is 21.9 Å². The molecule has 1 aliphatic heterocycles. The van der Waals surface area contributed by atoms with Crippen LogP contribution in [0.5, 0.6) is 0 Å². The molecule has 1 fully saturated rings. The van der Waals surface area contributed by atoms with E-state index < -0.39 is 0 Å². The first-order chi connectivity index (χ1) is 7.18. The zero-order chi connectivity index (χ0) is 10.8. The van der Waals surface area contributed by atoms with Crippen molar-refractivity contribution < 1.29 is 4.52 Å². The number of rotatable bonds is 3. The number of thioether (sulfide) groups is 1. The van der Waals surface area contributed by atoms with Gasteiger partial charge in [-0.2, -0.15) is 16.7 Å². The quantitative estimate of drug-likeness (QED) is 0.856. The number of nitrogens with two attached hydrogens (primary N) is 1. The molecule has 3 atom stereocenters. The molecule has 0 bridgehead atoms. The minimum Gasteiger partial charge on any atom is -0.339 e. The predicted molar refractivity (Wildman–Crippen MR) is 60.8 cm³/mol. The van der Waals surface area contributed by atoms with Crippen molar-refractivity contribution in [3.8, 4) is 0 Å². The summed E-state index contributed by atoms with van der Waals surface area (Å²) in [7, 11) is 0. The lowest BCUT2D eigenvalue weighted by atomic mass is 10.1. The molecule has 1 saturated heterocycles. The van der Waals surface area contributed by atoms with Crippen molar-refractivity contribution in [1.82, 2.24) is 10.1 Å². The lowest BCUT2D eigenvalue weighted by molar-refractivity contribution is 0.342. The smallest absolute Gasteiger partial charge is 0.231 e. The van der Waals surface area contributed by atoms with Crippen molar-refractivity contribution in [2.45, 2.75) is 43.9 Å². The summed E-state index contributed by atoms with van der Waals surface area (Å²) in [6.45, 7) is 3.97. The fourth-order valence-electron chi connectivity index (χ4n) is 1.57. The Hall–Kier alpha value is -0.550.